The maximum atomic E-state index is 11.9. The summed E-state index contributed by atoms with van der Waals surface area (Å²) in [5, 5.41) is 23.0. The molecule has 0 bridgehead atoms. The summed E-state index contributed by atoms with van der Waals surface area (Å²) < 4.78 is 0.771. The molecule has 21 heavy (non-hydrogen) atoms. The normalized spacial score (nSPS) is 10.2. The quantitative estimate of drug-likeness (QED) is 0.663. The third kappa shape index (κ3) is 4.11. The van der Waals surface area contributed by atoms with E-state index in [0.717, 1.165) is 15.0 Å². The van der Waals surface area contributed by atoms with Gasteiger partial charge in [0.05, 0.1) is 11.3 Å². The van der Waals surface area contributed by atoms with Crippen LogP contribution in [0.15, 0.2) is 18.2 Å². The lowest BCUT2D eigenvalue weighted by molar-refractivity contribution is 0.0698. The first-order valence-electron chi connectivity index (χ1n) is 5.92. The average Bonchev–Trinajstić information content (AvgIpc) is 2.88. The zero-order chi connectivity index (χ0) is 15.4. The van der Waals surface area contributed by atoms with Gasteiger partial charge in [0.25, 0.3) is 0 Å². The lowest BCUT2D eigenvalue weighted by atomic mass is 10.2. The Morgan fingerprint density at radius 1 is 1.33 bits per heavy atom. The van der Waals surface area contributed by atoms with Crippen molar-refractivity contribution < 1.29 is 14.7 Å². The number of carboxylic acids is 1. The van der Waals surface area contributed by atoms with E-state index in [1.165, 1.54) is 17.4 Å². The molecule has 0 saturated carbocycles. The number of amides is 2. The Morgan fingerprint density at radius 3 is 2.71 bits per heavy atom. The van der Waals surface area contributed by atoms with E-state index in [2.05, 4.69) is 20.8 Å². The first-order chi connectivity index (χ1) is 9.99. The molecular formula is C12H11IN4O3S. The molecule has 0 spiro atoms. The van der Waals surface area contributed by atoms with Crippen molar-refractivity contribution in [3.05, 3.63) is 32.3 Å². The summed E-state index contributed by atoms with van der Waals surface area (Å²) in [6.07, 6.45) is 0.737. The van der Waals surface area contributed by atoms with Crippen molar-refractivity contribution in [2.45, 2.75) is 13.3 Å². The summed E-state index contributed by atoms with van der Waals surface area (Å²) in [6.45, 7) is 1.94. The summed E-state index contributed by atoms with van der Waals surface area (Å²) in [4.78, 5) is 23.0. The summed E-state index contributed by atoms with van der Waals surface area (Å²) in [5.74, 6) is -1.10. The summed E-state index contributed by atoms with van der Waals surface area (Å²) in [7, 11) is 0. The number of nitrogens with zero attached hydrogens (tertiary/aromatic N) is 2. The van der Waals surface area contributed by atoms with Crippen LogP contribution in [0, 0.1) is 3.57 Å². The van der Waals surface area contributed by atoms with E-state index >= 15 is 0 Å². The fourth-order valence-electron chi connectivity index (χ4n) is 1.50. The molecule has 0 unspecified atom stereocenters. The van der Waals surface area contributed by atoms with Crippen molar-refractivity contribution in [2.75, 3.05) is 10.6 Å². The molecule has 0 atom stereocenters. The van der Waals surface area contributed by atoms with Gasteiger partial charge in [0.1, 0.15) is 5.01 Å². The van der Waals surface area contributed by atoms with Crippen LogP contribution in [-0.4, -0.2) is 27.3 Å². The second-order valence-electron chi connectivity index (χ2n) is 3.93. The lowest BCUT2D eigenvalue weighted by Gasteiger charge is -2.08. The second kappa shape index (κ2) is 6.80. The minimum atomic E-state index is -1.10. The van der Waals surface area contributed by atoms with Crippen LogP contribution in [0.25, 0.3) is 0 Å². The Bertz CT molecular complexity index is 689. The molecule has 0 aliphatic heterocycles. The minimum Gasteiger partial charge on any atom is -0.478 e. The SMILES string of the molecule is CCc1nnc(NC(=O)Nc2ccc(I)cc2C(=O)O)s1. The van der Waals surface area contributed by atoms with Crippen molar-refractivity contribution in [3.63, 3.8) is 0 Å². The standard InChI is InChI=1S/C12H11IN4O3S/c1-2-9-16-17-12(21-9)15-11(20)14-8-4-3-6(13)5-7(8)10(18)19/h3-5H,2H2,1H3,(H,18,19)(H2,14,15,17,20). The molecule has 7 nitrogen and oxygen atoms in total. The number of benzene rings is 1. The molecule has 1 aromatic heterocycles. The van der Waals surface area contributed by atoms with Gasteiger partial charge in [-0.05, 0) is 47.2 Å². The number of anilines is 2. The number of carbonyl (C=O) groups is 2. The number of carboxylic acid groups (broad SMARTS) is 1. The van der Waals surface area contributed by atoms with E-state index in [1.54, 1.807) is 12.1 Å². The van der Waals surface area contributed by atoms with Gasteiger partial charge < -0.3 is 10.4 Å². The predicted octanol–water partition coefficient (Wildman–Crippen LogP) is 3.05. The van der Waals surface area contributed by atoms with Crippen molar-refractivity contribution in [1.82, 2.24) is 10.2 Å². The predicted molar refractivity (Wildman–Crippen MR) is 88.0 cm³/mol. The topological polar surface area (TPSA) is 104 Å². The lowest BCUT2D eigenvalue weighted by Crippen LogP contribution is -2.21. The van der Waals surface area contributed by atoms with Gasteiger partial charge in [-0.2, -0.15) is 0 Å². The molecule has 0 aliphatic rings. The largest absolute Gasteiger partial charge is 0.478 e. The fourth-order valence-corrected chi connectivity index (χ4v) is 2.67. The third-order valence-corrected chi connectivity index (χ3v) is 4.10. The number of nitrogens with one attached hydrogen (secondary N) is 2. The Labute approximate surface area is 137 Å². The van der Waals surface area contributed by atoms with Crippen LogP contribution in [-0.2, 0) is 6.42 Å². The molecule has 0 saturated heterocycles. The number of hydrogen-bond acceptors (Lipinski definition) is 5. The van der Waals surface area contributed by atoms with Crippen molar-refractivity contribution >= 4 is 56.7 Å². The van der Waals surface area contributed by atoms with E-state index < -0.39 is 12.0 Å². The highest BCUT2D eigenvalue weighted by Crippen LogP contribution is 2.20. The second-order valence-corrected chi connectivity index (χ2v) is 6.24. The van der Waals surface area contributed by atoms with Gasteiger partial charge in [0.15, 0.2) is 0 Å². The maximum absolute atomic E-state index is 11.9. The van der Waals surface area contributed by atoms with Crippen molar-refractivity contribution in [3.8, 4) is 0 Å². The number of hydrogen-bond donors (Lipinski definition) is 3. The van der Waals surface area contributed by atoms with Crippen LogP contribution in [0.1, 0.15) is 22.3 Å². The first-order valence-corrected chi connectivity index (χ1v) is 7.82. The molecular weight excluding hydrogens is 407 g/mol. The fraction of sp³-hybridized carbons (Fsp3) is 0.167. The number of aromatic carboxylic acids is 1. The van der Waals surface area contributed by atoms with Crippen LogP contribution < -0.4 is 10.6 Å². The molecule has 3 N–H and O–H groups in total. The number of urea groups is 1. The number of aromatic nitrogens is 2. The third-order valence-electron chi connectivity index (χ3n) is 2.45. The van der Waals surface area contributed by atoms with E-state index in [9.17, 15) is 9.59 Å². The number of halogens is 1. The van der Waals surface area contributed by atoms with E-state index in [-0.39, 0.29) is 11.3 Å². The molecule has 2 amide bonds. The van der Waals surface area contributed by atoms with Gasteiger partial charge >= 0.3 is 12.0 Å². The van der Waals surface area contributed by atoms with Crippen LogP contribution in [0.5, 0.6) is 0 Å². The highest BCUT2D eigenvalue weighted by Gasteiger charge is 2.14. The van der Waals surface area contributed by atoms with Crippen LogP contribution in [0.4, 0.5) is 15.6 Å². The Hall–Kier alpha value is -1.75. The van der Waals surface area contributed by atoms with Gasteiger partial charge in [-0.3, -0.25) is 5.32 Å². The molecule has 0 fully saturated rings. The molecule has 0 aliphatic carbocycles. The van der Waals surface area contributed by atoms with Gasteiger partial charge in [0.2, 0.25) is 5.13 Å². The monoisotopic (exact) mass is 418 g/mol. The van der Waals surface area contributed by atoms with E-state index in [1.807, 2.05) is 29.5 Å². The van der Waals surface area contributed by atoms with Crippen LogP contribution in [0.3, 0.4) is 0 Å². The Kier molecular flexibility index (Phi) is 5.07. The van der Waals surface area contributed by atoms with Crippen molar-refractivity contribution in [2.24, 2.45) is 0 Å². The Balaban J connectivity index is 2.10. The highest BCUT2D eigenvalue weighted by atomic mass is 127. The average molecular weight is 418 g/mol. The minimum absolute atomic E-state index is 0.0311. The molecule has 110 valence electrons. The molecule has 1 heterocycles. The van der Waals surface area contributed by atoms with Crippen LogP contribution in [0.2, 0.25) is 0 Å². The van der Waals surface area contributed by atoms with E-state index in [0.29, 0.717) is 5.13 Å². The van der Waals surface area contributed by atoms with E-state index in [4.69, 9.17) is 5.11 Å². The van der Waals surface area contributed by atoms with Gasteiger partial charge in [-0.1, -0.05) is 18.3 Å². The number of carbonyl (C=O) groups excluding carboxylic acids is 1. The Morgan fingerprint density at radius 2 is 2.10 bits per heavy atom. The summed E-state index contributed by atoms with van der Waals surface area (Å²) in [6, 6.07) is 4.18. The number of aryl methyl sites for hydroxylation is 1. The van der Waals surface area contributed by atoms with Gasteiger partial charge in [0, 0.05) is 3.57 Å². The zero-order valence-corrected chi connectivity index (χ0v) is 13.9. The summed E-state index contributed by atoms with van der Waals surface area (Å²) in [5.41, 5.74) is 0.254. The van der Waals surface area contributed by atoms with Crippen LogP contribution >= 0.6 is 33.9 Å². The highest BCUT2D eigenvalue weighted by molar-refractivity contribution is 14.1. The number of rotatable bonds is 4. The smallest absolute Gasteiger partial charge is 0.337 e. The molecule has 1 aromatic carbocycles. The summed E-state index contributed by atoms with van der Waals surface area (Å²) >= 11 is 3.28. The zero-order valence-electron chi connectivity index (χ0n) is 10.9. The van der Waals surface area contributed by atoms with Gasteiger partial charge in [-0.15, -0.1) is 10.2 Å². The van der Waals surface area contributed by atoms with Gasteiger partial charge in [-0.25, -0.2) is 9.59 Å². The molecule has 0 radical (unpaired) electrons. The molecule has 2 rings (SSSR count). The maximum Gasteiger partial charge on any atom is 0.337 e. The molecule has 2 aromatic rings. The van der Waals surface area contributed by atoms with Crippen molar-refractivity contribution in [1.29, 1.82) is 0 Å². The first kappa shape index (κ1) is 15.6. The molecule has 9 heteroatoms.